The predicted molar refractivity (Wildman–Crippen MR) is 65.5 cm³/mol. The third kappa shape index (κ3) is 3.53. The molecule has 0 radical (unpaired) electrons. The second-order valence-electron chi connectivity index (χ2n) is 3.33. The molecular formula is C11H16ClN3. The Morgan fingerprint density at radius 3 is 2.80 bits per heavy atom. The fourth-order valence-electron chi connectivity index (χ4n) is 1.26. The number of halogens is 1. The maximum Gasteiger partial charge on any atom is 0.0996 e. The largest absolute Gasteiger partial charge is 0.387 e. The number of hydrogen-bond acceptors (Lipinski definition) is 2. The molecule has 0 saturated carbocycles. The van der Waals surface area contributed by atoms with E-state index in [-0.39, 0.29) is 0 Å². The van der Waals surface area contributed by atoms with Crippen LogP contribution in [0.25, 0.3) is 0 Å². The first-order valence-corrected chi connectivity index (χ1v) is 5.36. The van der Waals surface area contributed by atoms with Gasteiger partial charge in [0.15, 0.2) is 0 Å². The topological polar surface area (TPSA) is 64.4 Å². The maximum absolute atomic E-state index is 5.93. The normalized spacial score (nSPS) is 11.8. The van der Waals surface area contributed by atoms with E-state index in [0.29, 0.717) is 17.4 Å². The molecule has 0 amide bonds. The van der Waals surface area contributed by atoms with Crippen LogP contribution in [0.1, 0.15) is 25.3 Å². The van der Waals surface area contributed by atoms with E-state index in [9.17, 15) is 0 Å². The number of nitrogens with two attached hydrogens (primary N) is 2. The Morgan fingerprint density at radius 2 is 2.20 bits per heavy atom. The van der Waals surface area contributed by atoms with Gasteiger partial charge < -0.3 is 11.5 Å². The van der Waals surface area contributed by atoms with Gasteiger partial charge in [0.2, 0.25) is 0 Å². The van der Waals surface area contributed by atoms with Crippen molar-refractivity contribution in [1.29, 1.82) is 0 Å². The SMILES string of the molecule is CCCC(N)=Nc1ccc(Cl)c(CN)c1. The standard InChI is InChI=1S/C11H16ClN3/c1-2-3-11(14)15-9-4-5-10(12)8(6-9)7-13/h4-6H,2-3,7,13H2,1H3,(H2,14,15). The zero-order chi connectivity index (χ0) is 11.3. The van der Waals surface area contributed by atoms with Gasteiger partial charge in [0.05, 0.1) is 11.5 Å². The number of hydrogen-bond donors (Lipinski definition) is 2. The smallest absolute Gasteiger partial charge is 0.0996 e. The monoisotopic (exact) mass is 225 g/mol. The molecule has 0 heterocycles. The summed E-state index contributed by atoms with van der Waals surface area (Å²) in [7, 11) is 0. The molecule has 0 spiro atoms. The van der Waals surface area contributed by atoms with Gasteiger partial charge in [-0.1, -0.05) is 18.5 Å². The Morgan fingerprint density at radius 1 is 1.47 bits per heavy atom. The van der Waals surface area contributed by atoms with Crippen LogP contribution in [0.5, 0.6) is 0 Å². The van der Waals surface area contributed by atoms with Gasteiger partial charge in [-0.2, -0.15) is 0 Å². The highest BCUT2D eigenvalue weighted by molar-refractivity contribution is 6.31. The van der Waals surface area contributed by atoms with Gasteiger partial charge in [-0.05, 0) is 30.2 Å². The Balaban J connectivity index is 2.91. The van der Waals surface area contributed by atoms with Crippen LogP contribution in [0.3, 0.4) is 0 Å². The van der Waals surface area contributed by atoms with Crippen molar-refractivity contribution in [3.8, 4) is 0 Å². The minimum atomic E-state index is 0.413. The van der Waals surface area contributed by atoms with Crippen molar-refractivity contribution in [2.45, 2.75) is 26.3 Å². The first-order valence-electron chi connectivity index (χ1n) is 4.99. The van der Waals surface area contributed by atoms with Gasteiger partial charge >= 0.3 is 0 Å². The summed E-state index contributed by atoms with van der Waals surface area (Å²) in [5, 5.41) is 0.672. The van der Waals surface area contributed by atoms with Gasteiger partial charge in [0, 0.05) is 18.0 Å². The molecule has 15 heavy (non-hydrogen) atoms. The van der Waals surface area contributed by atoms with E-state index in [1.54, 1.807) is 6.07 Å². The lowest BCUT2D eigenvalue weighted by molar-refractivity contribution is 0.983. The van der Waals surface area contributed by atoms with Crippen molar-refractivity contribution in [3.63, 3.8) is 0 Å². The lowest BCUT2D eigenvalue weighted by Crippen LogP contribution is -2.10. The summed E-state index contributed by atoms with van der Waals surface area (Å²) >= 11 is 5.93. The van der Waals surface area contributed by atoms with Crippen molar-refractivity contribution in [3.05, 3.63) is 28.8 Å². The summed E-state index contributed by atoms with van der Waals surface area (Å²) in [5.41, 5.74) is 13.0. The van der Waals surface area contributed by atoms with Crippen molar-refractivity contribution in [2.24, 2.45) is 16.5 Å². The molecule has 1 aromatic rings. The minimum absolute atomic E-state index is 0.413. The van der Waals surface area contributed by atoms with E-state index < -0.39 is 0 Å². The first-order chi connectivity index (χ1) is 7.17. The van der Waals surface area contributed by atoms with Crippen molar-refractivity contribution < 1.29 is 0 Å². The molecule has 0 fully saturated rings. The van der Waals surface area contributed by atoms with E-state index in [4.69, 9.17) is 23.1 Å². The molecule has 1 rings (SSSR count). The van der Waals surface area contributed by atoms with Crippen molar-refractivity contribution in [2.75, 3.05) is 0 Å². The van der Waals surface area contributed by atoms with E-state index >= 15 is 0 Å². The molecule has 4 heteroatoms. The molecule has 0 aliphatic rings. The van der Waals surface area contributed by atoms with Gasteiger partial charge in [0.25, 0.3) is 0 Å². The fourth-order valence-corrected chi connectivity index (χ4v) is 1.46. The number of nitrogens with zero attached hydrogens (tertiary/aromatic N) is 1. The molecule has 0 saturated heterocycles. The Kier molecular flexibility index (Phi) is 4.59. The molecule has 0 aliphatic heterocycles. The lowest BCUT2D eigenvalue weighted by atomic mass is 10.2. The quantitative estimate of drug-likeness (QED) is 0.611. The maximum atomic E-state index is 5.93. The van der Waals surface area contributed by atoms with Crippen molar-refractivity contribution >= 4 is 23.1 Å². The second kappa shape index (κ2) is 5.73. The zero-order valence-electron chi connectivity index (χ0n) is 8.83. The van der Waals surface area contributed by atoms with Crippen LogP contribution in [-0.4, -0.2) is 5.84 Å². The summed E-state index contributed by atoms with van der Waals surface area (Å²) in [6.45, 7) is 2.48. The number of benzene rings is 1. The number of amidine groups is 1. The van der Waals surface area contributed by atoms with Gasteiger partial charge in [-0.15, -0.1) is 0 Å². The molecule has 0 bridgehead atoms. The van der Waals surface area contributed by atoms with Gasteiger partial charge in [0.1, 0.15) is 0 Å². The van der Waals surface area contributed by atoms with Crippen LogP contribution < -0.4 is 11.5 Å². The van der Waals surface area contributed by atoms with Crippen LogP contribution in [0.4, 0.5) is 5.69 Å². The third-order valence-corrected chi connectivity index (χ3v) is 2.40. The molecule has 0 aromatic heterocycles. The van der Waals surface area contributed by atoms with E-state index in [0.717, 1.165) is 24.1 Å². The highest BCUT2D eigenvalue weighted by Crippen LogP contribution is 2.22. The van der Waals surface area contributed by atoms with Crippen LogP contribution >= 0.6 is 11.6 Å². The average Bonchev–Trinajstić information content (AvgIpc) is 2.21. The molecule has 0 atom stereocenters. The summed E-state index contributed by atoms with van der Waals surface area (Å²) < 4.78 is 0. The van der Waals surface area contributed by atoms with Crippen LogP contribution in [0.15, 0.2) is 23.2 Å². The van der Waals surface area contributed by atoms with E-state index in [1.165, 1.54) is 0 Å². The molecule has 0 unspecified atom stereocenters. The highest BCUT2D eigenvalue weighted by atomic mass is 35.5. The summed E-state index contributed by atoms with van der Waals surface area (Å²) in [5.74, 6) is 0.641. The fraction of sp³-hybridized carbons (Fsp3) is 0.364. The number of aliphatic imine (C=N–C) groups is 1. The molecule has 3 nitrogen and oxygen atoms in total. The van der Waals surface area contributed by atoms with Crippen molar-refractivity contribution in [1.82, 2.24) is 0 Å². The summed E-state index contributed by atoms with van der Waals surface area (Å²) in [6.07, 6.45) is 1.80. The van der Waals surface area contributed by atoms with Crippen LogP contribution in [0.2, 0.25) is 5.02 Å². The first kappa shape index (κ1) is 12.0. The molecular weight excluding hydrogens is 210 g/mol. The molecule has 82 valence electrons. The Hall–Kier alpha value is -1.06. The summed E-state index contributed by atoms with van der Waals surface area (Å²) in [4.78, 5) is 4.28. The van der Waals surface area contributed by atoms with Crippen LogP contribution in [-0.2, 0) is 6.54 Å². The number of rotatable bonds is 4. The zero-order valence-corrected chi connectivity index (χ0v) is 9.59. The summed E-state index contributed by atoms with van der Waals surface area (Å²) in [6, 6.07) is 5.50. The Bertz CT molecular complexity index is 361. The van der Waals surface area contributed by atoms with E-state index in [1.807, 2.05) is 12.1 Å². The average molecular weight is 226 g/mol. The highest BCUT2D eigenvalue weighted by Gasteiger charge is 2.00. The Labute approximate surface area is 95.1 Å². The predicted octanol–water partition coefficient (Wildman–Crippen LogP) is 2.59. The van der Waals surface area contributed by atoms with E-state index in [2.05, 4.69) is 11.9 Å². The molecule has 1 aromatic carbocycles. The minimum Gasteiger partial charge on any atom is -0.387 e. The molecule has 0 aliphatic carbocycles. The lowest BCUT2D eigenvalue weighted by Gasteiger charge is -2.03. The van der Waals surface area contributed by atoms with Crippen LogP contribution in [0, 0.1) is 0 Å². The molecule has 4 N–H and O–H groups in total. The van der Waals surface area contributed by atoms with Gasteiger partial charge in [-0.3, -0.25) is 0 Å². The third-order valence-electron chi connectivity index (χ3n) is 2.03. The second-order valence-corrected chi connectivity index (χ2v) is 3.74. The van der Waals surface area contributed by atoms with Gasteiger partial charge in [-0.25, -0.2) is 4.99 Å².